The Balaban J connectivity index is 2.34. The molecule has 0 bridgehead atoms. The number of halogens is 2. The van der Waals surface area contributed by atoms with E-state index in [4.69, 9.17) is 11.6 Å². The molecule has 0 aliphatic heterocycles. The van der Waals surface area contributed by atoms with Crippen molar-refractivity contribution in [3.63, 3.8) is 0 Å². The summed E-state index contributed by atoms with van der Waals surface area (Å²) in [4.78, 5) is 7.83. The van der Waals surface area contributed by atoms with E-state index in [1.165, 1.54) is 24.5 Å². The first kappa shape index (κ1) is 13.5. The van der Waals surface area contributed by atoms with Crippen LogP contribution >= 0.6 is 34.2 Å². The lowest BCUT2D eigenvalue weighted by Gasteiger charge is -2.08. The molecule has 2 aromatic heterocycles. The minimum Gasteiger partial charge on any atom is -0.277 e. The Morgan fingerprint density at radius 1 is 1.28 bits per heavy atom. The van der Waals surface area contributed by atoms with Gasteiger partial charge in [0.2, 0.25) is 0 Å². The summed E-state index contributed by atoms with van der Waals surface area (Å²) in [5.41, 5.74) is 0.379. The van der Waals surface area contributed by atoms with Crippen LogP contribution in [0.1, 0.15) is 0 Å². The third-order valence-corrected chi connectivity index (χ3v) is 4.39. The van der Waals surface area contributed by atoms with Crippen LogP contribution in [-0.4, -0.2) is 18.4 Å². The van der Waals surface area contributed by atoms with Crippen LogP contribution in [0, 0.1) is 3.70 Å². The fourth-order valence-corrected chi connectivity index (χ4v) is 3.28. The van der Waals surface area contributed by atoms with Gasteiger partial charge in [0.05, 0.1) is 5.69 Å². The van der Waals surface area contributed by atoms with Crippen molar-refractivity contribution < 1.29 is 8.42 Å². The Morgan fingerprint density at radius 2 is 2.06 bits per heavy atom. The van der Waals surface area contributed by atoms with Crippen molar-refractivity contribution in [2.75, 3.05) is 4.72 Å². The highest BCUT2D eigenvalue weighted by atomic mass is 127. The number of pyridine rings is 2. The molecular weight excluding hydrogens is 389 g/mol. The van der Waals surface area contributed by atoms with E-state index in [2.05, 4.69) is 14.7 Å². The van der Waals surface area contributed by atoms with Crippen LogP contribution in [0.25, 0.3) is 0 Å². The number of sulfonamides is 1. The number of rotatable bonds is 3. The van der Waals surface area contributed by atoms with Gasteiger partial charge in [-0.3, -0.25) is 9.71 Å². The van der Waals surface area contributed by atoms with E-state index in [0.717, 1.165) is 0 Å². The van der Waals surface area contributed by atoms with Crippen LogP contribution in [0.5, 0.6) is 0 Å². The van der Waals surface area contributed by atoms with Gasteiger partial charge >= 0.3 is 0 Å². The minimum absolute atomic E-state index is 0.0933. The average molecular weight is 396 g/mol. The molecule has 0 aliphatic carbocycles. The molecule has 0 saturated carbocycles. The highest BCUT2D eigenvalue weighted by Crippen LogP contribution is 2.21. The average Bonchev–Trinajstić information content (AvgIpc) is 2.34. The minimum atomic E-state index is -3.65. The third-order valence-electron chi connectivity index (χ3n) is 2.00. The van der Waals surface area contributed by atoms with Gasteiger partial charge in [0, 0.05) is 12.4 Å². The maximum Gasteiger partial charge on any atom is 0.263 e. The lowest BCUT2D eigenvalue weighted by atomic mass is 10.4. The monoisotopic (exact) mass is 395 g/mol. The molecule has 5 nitrogen and oxygen atoms in total. The van der Waals surface area contributed by atoms with Crippen molar-refractivity contribution in [2.45, 2.75) is 4.90 Å². The summed E-state index contributed by atoms with van der Waals surface area (Å²) in [6, 6.07) is 6.10. The SMILES string of the molecule is O=S(=O)(Nc1ccc(Cl)nc1I)c1cccnc1. The number of anilines is 1. The maximum absolute atomic E-state index is 12.0. The molecule has 0 atom stereocenters. The molecule has 0 unspecified atom stereocenters. The predicted octanol–water partition coefficient (Wildman–Crippen LogP) is 2.54. The second-order valence-electron chi connectivity index (χ2n) is 3.27. The molecule has 8 heteroatoms. The molecule has 0 aliphatic rings. The van der Waals surface area contributed by atoms with E-state index in [1.807, 2.05) is 22.6 Å². The molecule has 94 valence electrons. The van der Waals surface area contributed by atoms with Crippen molar-refractivity contribution in [2.24, 2.45) is 0 Å². The zero-order valence-electron chi connectivity index (χ0n) is 8.84. The Labute approximate surface area is 123 Å². The quantitative estimate of drug-likeness (QED) is 0.640. The van der Waals surface area contributed by atoms with Crippen molar-refractivity contribution in [1.82, 2.24) is 9.97 Å². The van der Waals surface area contributed by atoms with Gasteiger partial charge in [0.25, 0.3) is 10.0 Å². The fraction of sp³-hybridized carbons (Fsp3) is 0. The summed E-state index contributed by atoms with van der Waals surface area (Å²) in [5.74, 6) is 0. The largest absolute Gasteiger partial charge is 0.277 e. The van der Waals surface area contributed by atoms with E-state index in [-0.39, 0.29) is 4.90 Å². The van der Waals surface area contributed by atoms with Crippen LogP contribution in [-0.2, 0) is 10.0 Å². The highest BCUT2D eigenvalue weighted by Gasteiger charge is 2.16. The van der Waals surface area contributed by atoms with Gasteiger partial charge in [-0.05, 0) is 46.9 Å². The molecule has 1 N–H and O–H groups in total. The molecule has 0 fully saturated rings. The lowest BCUT2D eigenvalue weighted by Crippen LogP contribution is -2.14. The van der Waals surface area contributed by atoms with Crippen LogP contribution in [0.4, 0.5) is 5.69 Å². The topological polar surface area (TPSA) is 72.0 Å². The van der Waals surface area contributed by atoms with Crippen molar-refractivity contribution in [3.8, 4) is 0 Å². The smallest absolute Gasteiger partial charge is 0.263 e. The van der Waals surface area contributed by atoms with Crippen LogP contribution in [0.15, 0.2) is 41.6 Å². The van der Waals surface area contributed by atoms with Crippen LogP contribution in [0.3, 0.4) is 0 Å². The van der Waals surface area contributed by atoms with E-state index < -0.39 is 10.0 Å². The molecule has 0 radical (unpaired) electrons. The summed E-state index contributed by atoms with van der Waals surface area (Å²) in [5, 5.41) is 0.309. The van der Waals surface area contributed by atoms with Gasteiger partial charge in [-0.1, -0.05) is 11.6 Å². The van der Waals surface area contributed by atoms with Crippen molar-refractivity contribution in [1.29, 1.82) is 0 Å². The second-order valence-corrected chi connectivity index (χ2v) is 6.36. The van der Waals surface area contributed by atoms with E-state index in [9.17, 15) is 8.42 Å². The van der Waals surface area contributed by atoms with E-state index in [1.54, 1.807) is 12.1 Å². The van der Waals surface area contributed by atoms with E-state index in [0.29, 0.717) is 14.5 Å². The summed E-state index contributed by atoms with van der Waals surface area (Å²) >= 11 is 7.61. The molecule has 0 amide bonds. The number of nitrogens with zero attached hydrogens (tertiary/aromatic N) is 2. The summed E-state index contributed by atoms with van der Waals surface area (Å²) in [7, 11) is -3.65. The highest BCUT2D eigenvalue weighted by molar-refractivity contribution is 14.1. The lowest BCUT2D eigenvalue weighted by molar-refractivity contribution is 0.600. The fourth-order valence-electron chi connectivity index (χ4n) is 1.20. The van der Waals surface area contributed by atoms with Gasteiger partial charge in [-0.25, -0.2) is 13.4 Å². The standard InChI is InChI=1S/C10H7ClIN3O2S/c11-9-4-3-8(10(12)14-9)15-18(16,17)7-2-1-5-13-6-7/h1-6,15H. The first-order valence-electron chi connectivity index (χ1n) is 4.74. The molecule has 2 rings (SSSR count). The molecule has 2 heterocycles. The Hall–Kier alpha value is -0.930. The van der Waals surface area contributed by atoms with Gasteiger partial charge in [-0.15, -0.1) is 0 Å². The first-order valence-corrected chi connectivity index (χ1v) is 7.68. The van der Waals surface area contributed by atoms with Crippen LogP contribution in [0.2, 0.25) is 5.15 Å². The molecular formula is C10H7ClIN3O2S. The Kier molecular flexibility index (Phi) is 4.03. The Bertz CT molecular complexity index is 664. The zero-order valence-corrected chi connectivity index (χ0v) is 12.6. The number of hydrogen-bond acceptors (Lipinski definition) is 4. The molecule has 0 spiro atoms. The van der Waals surface area contributed by atoms with Gasteiger partial charge in [0.15, 0.2) is 0 Å². The molecule has 0 aromatic carbocycles. The van der Waals surface area contributed by atoms with E-state index >= 15 is 0 Å². The number of nitrogens with one attached hydrogen (secondary N) is 1. The van der Waals surface area contributed by atoms with Gasteiger partial charge in [-0.2, -0.15) is 0 Å². The summed E-state index contributed by atoms with van der Waals surface area (Å²) in [6.45, 7) is 0. The van der Waals surface area contributed by atoms with Gasteiger partial charge in [0.1, 0.15) is 13.7 Å². The first-order chi connectivity index (χ1) is 8.49. The van der Waals surface area contributed by atoms with Crippen molar-refractivity contribution >= 4 is 49.9 Å². The van der Waals surface area contributed by atoms with Crippen molar-refractivity contribution in [3.05, 3.63) is 45.5 Å². The molecule has 18 heavy (non-hydrogen) atoms. The number of aromatic nitrogens is 2. The zero-order chi connectivity index (χ0) is 13.2. The maximum atomic E-state index is 12.0. The van der Waals surface area contributed by atoms with Gasteiger partial charge < -0.3 is 0 Å². The van der Waals surface area contributed by atoms with Crippen LogP contribution < -0.4 is 4.72 Å². The summed E-state index contributed by atoms with van der Waals surface area (Å²) in [6.07, 6.45) is 2.78. The normalized spacial score (nSPS) is 11.2. The Morgan fingerprint density at radius 3 is 2.67 bits per heavy atom. The molecule has 2 aromatic rings. The second kappa shape index (κ2) is 5.37. The summed E-state index contributed by atoms with van der Waals surface area (Å²) < 4.78 is 27.0. The number of hydrogen-bond donors (Lipinski definition) is 1. The third kappa shape index (κ3) is 3.09. The predicted molar refractivity (Wildman–Crippen MR) is 77.0 cm³/mol. The molecule has 0 saturated heterocycles.